The molecule has 1 heterocycles. The van der Waals surface area contributed by atoms with Crippen molar-refractivity contribution in [2.24, 2.45) is 11.8 Å². The summed E-state index contributed by atoms with van der Waals surface area (Å²) < 4.78 is 14.8. The number of rotatable bonds is 7. The summed E-state index contributed by atoms with van der Waals surface area (Å²) >= 11 is 3.36. The highest BCUT2D eigenvalue weighted by Gasteiger charge is 2.24. The summed E-state index contributed by atoms with van der Waals surface area (Å²) in [6.45, 7) is 8.62. The molecule has 2 unspecified atom stereocenters. The molecule has 0 saturated carbocycles. The highest BCUT2D eigenvalue weighted by molar-refractivity contribution is 9.10. The van der Waals surface area contributed by atoms with Crippen LogP contribution in [0.2, 0.25) is 0 Å². The second-order valence-corrected chi connectivity index (χ2v) is 7.50. The Morgan fingerprint density at radius 1 is 1.56 bits per heavy atom. The van der Waals surface area contributed by atoms with Gasteiger partial charge < -0.3 is 10.2 Å². The van der Waals surface area contributed by atoms with Crippen LogP contribution in [0.1, 0.15) is 31.7 Å². The van der Waals surface area contributed by atoms with Crippen molar-refractivity contribution in [3.63, 3.8) is 0 Å². The largest absolute Gasteiger partial charge is 0.335 e. The predicted molar refractivity (Wildman–Crippen MR) is 106 cm³/mol. The first-order valence-electron chi connectivity index (χ1n) is 8.54. The molecule has 1 fully saturated rings. The number of hydrogen-bond donors (Lipinski definition) is 1. The van der Waals surface area contributed by atoms with Crippen molar-refractivity contribution in [3.05, 3.63) is 46.7 Å². The van der Waals surface area contributed by atoms with Gasteiger partial charge in [-0.3, -0.25) is 4.79 Å². The average Bonchev–Trinajstić information content (AvgIpc) is 2.58. The lowest BCUT2D eigenvalue weighted by atomic mass is 9.85. The molecule has 1 N–H and O–H groups in total. The summed E-state index contributed by atoms with van der Waals surface area (Å²) in [5, 5.41) is 3.40. The third kappa shape index (κ3) is 6.72. The zero-order valence-corrected chi connectivity index (χ0v) is 17.0. The van der Waals surface area contributed by atoms with E-state index in [0.717, 1.165) is 17.6 Å². The SMILES string of the molecule is C=CCN(Cc1cc(Br)ccc1F)C(=O)CC(C)C1CCCNC1.Cl. The number of benzene rings is 1. The maximum absolute atomic E-state index is 14.0. The minimum atomic E-state index is -0.287. The van der Waals surface area contributed by atoms with Crippen LogP contribution in [0.3, 0.4) is 0 Å². The summed E-state index contributed by atoms with van der Waals surface area (Å²) in [7, 11) is 0. The van der Waals surface area contributed by atoms with Gasteiger partial charge in [0.1, 0.15) is 5.82 Å². The second kappa shape index (κ2) is 10.9. The van der Waals surface area contributed by atoms with E-state index in [1.165, 1.54) is 18.9 Å². The number of nitrogens with one attached hydrogen (secondary N) is 1. The molecule has 6 heteroatoms. The minimum Gasteiger partial charge on any atom is -0.335 e. The Morgan fingerprint density at radius 3 is 2.96 bits per heavy atom. The molecule has 2 rings (SSSR count). The first kappa shape index (κ1) is 22.1. The third-order valence-corrected chi connectivity index (χ3v) is 5.20. The highest BCUT2D eigenvalue weighted by Crippen LogP contribution is 2.24. The van der Waals surface area contributed by atoms with Gasteiger partial charge in [0.05, 0.1) is 0 Å². The van der Waals surface area contributed by atoms with E-state index in [1.54, 1.807) is 23.1 Å². The van der Waals surface area contributed by atoms with Gasteiger partial charge in [-0.2, -0.15) is 0 Å². The fourth-order valence-corrected chi connectivity index (χ4v) is 3.62. The predicted octanol–water partition coefficient (Wildman–Crippen LogP) is 4.55. The summed E-state index contributed by atoms with van der Waals surface area (Å²) in [5.41, 5.74) is 0.520. The van der Waals surface area contributed by atoms with Crippen molar-refractivity contribution in [2.45, 2.75) is 32.7 Å². The van der Waals surface area contributed by atoms with E-state index in [0.29, 0.717) is 30.4 Å². The van der Waals surface area contributed by atoms with Gasteiger partial charge in [-0.05, 0) is 56.0 Å². The minimum absolute atomic E-state index is 0. The van der Waals surface area contributed by atoms with Crippen molar-refractivity contribution < 1.29 is 9.18 Å². The Balaban J connectivity index is 0.00000312. The van der Waals surface area contributed by atoms with Crippen molar-refractivity contribution >= 4 is 34.2 Å². The molecule has 1 aromatic rings. The molecular formula is C19H27BrClFN2O. The molecule has 1 aliphatic rings. The van der Waals surface area contributed by atoms with Crippen LogP contribution in [0.5, 0.6) is 0 Å². The molecule has 1 aromatic carbocycles. The van der Waals surface area contributed by atoms with Crippen molar-refractivity contribution in [3.8, 4) is 0 Å². The van der Waals surface area contributed by atoms with Gasteiger partial charge in [-0.15, -0.1) is 19.0 Å². The van der Waals surface area contributed by atoms with Gasteiger partial charge in [0, 0.05) is 29.5 Å². The zero-order chi connectivity index (χ0) is 17.5. The first-order valence-corrected chi connectivity index (χ1v) is 9.34. The topological polar surface area (TPSA) is 32.3 Å². The van der Waals surface area contributed by atoms with E-state index >= 15 is 0 Å². The van der Waals surface area contributed by atoms with Gasteiger partial charge in [0.2, 0.25) is 5.91 Å². The van der Waals surface area contributed by atoms with Gasteiger partial charge in [-0.25, -0.2) is 4.39 Å². The van der Waals surface area contributed by atoms with Gasteiger partial charge in [-0.1, -0.05) is 28.9 Å². The summed E-state index contributed by atoms with van der Waals surface area (Å²) in [4.78, 5) is 14.4. The molecule has 1 saturated heterocycles. The van der Waals surface area contributed by atoms with E-state index in [1.807, 2.05) is 0 Å². The smallest absolute Gasteiger partial charge is 0.223 e. The average molecular weight is 434 g/mol. The van der Waals surface area contributed by atoms with Gasteiger partial charge >= 0.3 is 0 Å². The summed E-state index contributed by atoms with van der Waals surface area (Å²) in [6.07, 6.45) is 4.53. The second-order valence-electron chi connectivity index (χ2n) is 6.59. The molecule has 3 nitrogen and oxygen atoms in total. The van der Waals surface area contributed by atoms with Crippen LogP contribution in [0.4, 0.5) is 4.39 Å². The van der Waals surface area contributed by atoms with E-state index in [-0.39, 0.29) is 30.7 Å². The number of halogens is 3. The van der Waals surface area contributed by atoms with E-state index in [2.05, 4.69) is 34.7 Å². The monoisotopic (exact) mass is 432 g/mol. The van der Waals surface area contributed by atoms with E-state index in [4.69, 9.17) is 0 Å². The van der Waals surface area contributed by atoms with Crippen molar-refractivity contribution in [2.75, 3.05) is 19.6 Å². The standard InChI is InChI=1S/C19H26BrFN2O.ClH/c1-3-9-23(13-16-11-17(20)6-7-18(16)21)19(24)10-14(2)15-5-4-8-22-12-15;/h3,6-7,11,14-15,22H,1,4-5,8-10,12-13H2,2H3;1H. The fourth-order valence-electron chi connectivity index (χ4n) is 3.22. The van der Waals surface area contributed by atoms with Gasteiger partial charge in [0.15, 0.2) is 0 Å². The molecule has 0 spiro atoms. The van der Waals surface area contributed by atoms with Crippen LogP contribution in [0.25, 0.3) is 0 Å². The highest BCUT2D eigenvalue weighted by atomic mass is 79.9. The van der Waals surface area contributed by atoms with E-state index in [9.17, 15) is 9.18 Å². The Morgan fingerprint density at radius 2 is 2.32 bits per heavy atom. The summed E-state index contributed by atoms with van der Waals surface area (Å²) in [5.74, 6) is 0.637. The normalized spacial score (nSPS) is 18.1. The molecule has 25 heavy (non-hydrogen) atoms. The zero-order valence-electron chi connectivity index (χ0n) is 14.6. The maximum Gasteiger partial charge on any atom is 0.223 e. The first-order chi connectivity index (χ1) is 11.5. The number of carbonyl (C=O) groups is 1. The molecular weight excluding hydrogens is 407 g/mol. The van der Waals surface area contributed by atoms with Crippen molar-refractivity contribution in [1.29, 1.82) is 0 Å². The third-order valence-electron chi connectivity index (χ3n) is 4.71. The van der Waals surface area contributed by atoms with Crippen LogP contribution < -0.4 is 5.32 Å². The number of carbonyl (C=O) groups excluding carboxylic acids is 1. The summed E-state index contributed by atoms with van der Waals surface area (Å²) in [6, 6.07) is 4.82. The number of hydrogen-bond acceptors (Lipinski definition) is 2. The Kier molecular flexibility index (Phi) is 9.69. The number of piperidine rings is 1. The molecule has 140 valence electrons. The van der Waals surface area contributed by atoms with E-state index < -0.39 is 0 Å². The Hall–Kier alpha value is -0.910. The number of nitrogens with zero attached hydrogens (tertiary/aromatic N) is 1. The van der Waals surface area contributed by atoms with Crippen LogP contribution in [-0.4, -0.2) is 30.4 Å². The molecule has 0 radical (unpaired) electrons. The fraction of sp³-hybridized carbons (Fsp3) is 0.526. The van der Waals surface area contributed by atoms with Crippen LogP contribution in [-0.2, 0) is 11.3 Å². The lowest BCUT2D eigenvalue weighted by Gasteiger charge is -2.30. The molecule has 0 aromatic heterocycles. The van der Waals surface area contributed by atoms with Crippen molar-refractivity contribution in [1.82, 2.24) is 10.2 Å². The van der Waals surface area contributed by atoms with Crippen LogP contribution in [0.15, 0.2) is 35.3 Å². The quantitative estimate of drug-likeness (QED) is 0.640. The molecule has 0 bridgehead atoms. The van der Waals surface area contributed by atoms with Crippen LogP contribution in [0, 0.1) is 17.7 Å². The Labute approximate surface area is 164 Å². The molecule has 1 aliphatic heterocycles. The molecule has 1 amide bonds. The molecule has 2 atom stereocenters. The molecule has 0 aliphatic carbocycles. The maximum atomic E-state index is 14.0. The van der Waals surface area contributed by atoms with Gasteiger partial charge in [0.25, 0.3) is 0 Å². The Bertz CT molecular complexity index is 579. The lowest BCUT2D eigenvalue weighted by molar-refractivity contribution is -0.132. The number of amides is 1. The van der Waals surface area contributed by atoms with Crippen LogP contribution >= 0.6 is 28.3 Å². The lowest BCUT2D eigenvalue weighted by Crippen LogP contribution is -2.37.